The number of ketones is 2. The van der Waals surface area contributed by atoms with Gasteiger partial charge in [-0.25, -0.2) is 4.79 Å². The zero-order valence-electron chi connectivity index (χ0n) is 40.1. The summed E-state index contributed by atoms with van der Waals surface area (Å²) in [6.45, 7) is 15.0. The van der Waals surface area contributed by atoms with E-state index in [0.29, 0.717) is 69.9 Å². The number of carbonyl (C=O) groups excluding carboxylic acids is 3. The molecule has 11 rings (SSSR count). The molecule has 5 aliphatic heterocycles. The Bertz CT molecular complexity index is 2660. The Morgan fingerprint density at radius 2 is 1.63 bits per heavy atom. The van der Waals surface area contributed by atoms with Crippen molar-refractivity contribution in [2.24, 2.45) is 23.7 Å². The number of benzene rings is 2. The molecule has 1 spiro atoms. The largest absolute Gasteiger partial charge is 0.484 e. The molecule has 2 aromatic carbocycles. The number of aliphatic hydroxyl groups excluding tert-OH is 4. The Balaban J connectivity index is 1.29. The van der Waals surface area contributed by atoms with Gasteiger partial charge >= 0.3 is 5.97 Å². The molecule has 14 nitrogen and oxygen atoms in total. The number of aliphatic hydroxyl groups is 4. The molecule has 0 radical (unpaired) electrons. The summed E-state index contributed by atoms with van der Waals surface area (Å²) >= 11 is 0. The van der Waals surface area contributed by atoms with Crippen molar-refractivity contribution in [1.82, 2.24) is 0 Å². The number of fused-ring (bicyclic) bond motifs is 5. The van der Waals surface area contributed by atoms with Crippen molar-refractivity contribution in [3.05, 3.63) is 98.7 Å². The molecule has 9 aliphatic rings. The van der Waals surface area contributed by atoms with E-state index in [1.165, 1.54) is 12.7 Å². The normalized spacial score (nSPS) is 36.3. The maximum absolute atomic E-state index is 15.9. The maximum Gasteiger partial charge on any atom is 0.333 e. The first-order chi connectivity index (χ1) is 32.2. The molecule has 362 valence electrons. The highest BCUT2D eigenvalue weighted by atomic mass is 16.7. The van der Waals surface area contributed by atoms with Crippen LogP contribution >= 0.6 is 0 Å². The van der Waals surface area contributed by atoms with E-state index in [2.05, 4.69) is 12.2 Å². The molecular weight excluding hydrogens is 873 g/mol. The second-order valence-corrected chi connectivity index (χ2v) is 21.1. The summed E-state index contributed by atoms with van der Waals surface area (Å²) in [6.07, 6.45) is 2.64. The molecule has 5 heterocycles. The molecule has 14 heteroatoms. The van der Waals surface area contributed by atoms with Crippen LogP contribution in [-0.4, -0.2) is 105 Å². The van der Waals surface area contributed by atoms with Crippen LogP contribution in [0.1, 0.15) is 120 Å². The first-order valence-electron chi connectivity index (χ1n) is 23.8. The minimum Gasteiger partial charge on any atom is -0.484 e. The lowest BCUT2D eigenvalue weighted by atomic mass is 9.41. The maximum atomic E-state index is 15.9. The summed E-state index contributed by atoms with van der Waals surface area (Å²) in [5.41, 5.74) is 0.467. The fourth-order valence-corrected chi connectivity index (χ4v) is 12.9. The Kier molecular flexibility index (Phi) is 11.1. The standard InChI is InChI=1S/C54H62O14/c1-25(2)13-12-20-52(8)21-19-31-43(66-52)30(17-16-26(3)4)46-37(45(31)65-50-42(59)41(58)40(57)33(24-55)63-50)47-38-35(36-39(56)28-14-10-11-15-29(28)44(36)64-47)32-23-34-51(6,7)68-53(48(32)60,54(34,38)67-46)22-18-27(5)49(61)62-9/h10-11,13-16,18-19,21,32-35,38,40-42,47,50,55,57-59H,12,17,20,22-24H2,1-9H3/b27-18-/t32?,33-,34?,35?,38?,40-,41+,42-,47?,50+,52?,53?,54?/m0/s1. The molecule has 0 aromatic heterocycles. The summed E-state index contributed by atoms with van der Waals surface area (Å²) in [5.74, 6) is -2.40. The number of allylic oxidation sites excluding steroid dienone is 5. The monoisotopic (exact) mass is 934 g/mol. The smallest absolute Gasteiger partial charge is 0.333 e. The van der Waals surface area contributed by atoms with E-state index >= 15 is 4.79 Å². The molecule has 3 saturated carbocycles. The lowest BCUT2D eigenvalue weighted by molar-refractivity contribution is -0.278. The van der Waals surface area contributed by atoms with E-state index < -0.39 is 95.5 Å². The van der Waals surface area contributed by atoms with Gasteiger partial charge in [0.25, 0.3) is 0 Å². The molecule has 4 bridgehead atoms. The van der Waals surface area contributed by atoms with Crippen molar-refractivity contribution in [3.8, 4) is 17.2 Å². The molecule has 2 saturated heterocycles. The van der Waals surface area contributed by atoms with Crippen LogP contribution in [-0.2, 0) is 35.0 Å². The first-order valence-corrected chi connectivity index (χ1v) is 23.8. The summed E-state index contributed by atoms with van der Waals surface area (Å²) in [7, 11) is 1.30. The molecule has 5 fully saturated rings. The topological polar surface area (TPSA) is 197 Å². The van der Waals surface area contributed by atoms with E-state index in [1.807, 2.05) is 72.8 Å². The van der Waals surface area contributed by atoms with E-state index in [1.54, 1.807) is 25.1 Å². The third kappa shape index (κ3) is 6.53. The Morgan fingerprint density at radius 1 is 0.912 bits per heavy atom. The minimum absolute atomic E-state index is 0.0430. The minimum atomic E-state index is -1.78. The van der Waals surface area contributed by atoms with Gasteiger partial charge in [-0.2, -0.15) is 0 Å². The van der Waals surface area contributed by atoms with E-state index in [0.717, 1.165) is 12.0 Å². The second kappa shape index (κ2) is 16.2. The van der Waals surface area contributed by atoms with Gasteiger partial charge in [0.1, 0.15) is 59.1 Å². The van der Waals surface area contributed by atoms with Gasteiger partial charge in [-0.1, -0.05) is 53.6 Å². The number of carbonyl (C=O) groups is 3. The number of hydrogen-bond acceptors (Lipinski definition) is 14. The van der Waals surface area contributed by atoms with Crippen molar-refractivity contribution < 1.29 is 68.0 Å². The number of ether oxygens (including phenoxy) is 7. The summed E-state index contributed by atoms with van der Waals surface area (Å²) in [6, 6.07) is 7.25. The number of Topliss-reactive ketones (excluding diaryl/α,β-unsaturated/α-hetero) is 2. The van der Waals surface area contributed by atoms with Gasteiger partial charge in [0.05, 0.1) is 36.4 Å². The van der Waals surface area contributed by atoms with Crippen molar-refractivity contribution in [3.63, 3.8) is 0 Å². The summed E-state index contributed by atoms with van der Waals surface area (Å²) in [4.78, 5) is 43.7. The molecule has 2 aromatic rings. The van der Waals surface area contributed by atoms with Gasteiger partial charge in [-0.05, 0) is 93.2 Å². The number of esters is 1. The van der Waals surface area contributed by atoms with Crippen molar-refractivity contribution in [2.75, 3.05) is 13.7 Å². The molecule has 0 amide bonds. The van der Waals surface area contributed by atoms with E-state index in [-0.39, 0.29) is 29.3 Å². The highest BCUT2D eigenvalue weighted by Crippen LogP contribution is 2.77. The predicted molar refractivity (Wildman–Crippen MR) is 247 cm³/mol. The SMILES string of the molecule is COC(=O)/C(C)=C\CC12OC(C)(C)C3CC(C1=O)C1C4=C(OC5c6c(O[C@H]7O[C@@H](CO)[C@H](O)[C@@H](O)[C@@H]7O)c7c(c(CC=C(C)C)c6OC32C51)OC(C)(CCC=C(C)C)C=C7)c1ccccc1C4=O. The summed E-state index contributed by atoms with van der Waals surface area (Å²) < 4.78 is 47.8. The van der Waals surface area contributed by atoms with Crippen LogP contribution < -0.4 is 14.2 Å². The third-order valence-corrected chi connectivity index (χ3v) is 16.0. The number of rotatable bonds is 11. The second-order valence-electron chi connectivity index (χ2n) is 21.1. The highest BCUT2D eigenvalue weighted by molar-refractivity contribution is 6.21. The third-order valence-electron chi connectivity index (χ3n) is 16.0. The number of hydrogen-bond donors (Lipinski definition) is 4. The summed E-state index contributed by atoms with van der Waals surface area (Å²) in [5, 5.41) is 43.8. The Labute approximate surface area is 396 Å². The Hall–Kier alpha value is -5.09. The fraction of sp³-hybridized carbons (Fsp3) is 0.537. The van der Waals surface area contributed by atoms with Crippen LogP contribution in [0.3, 0.4) is 0 Å². The van der Waals surface area contributed by atoms with Gasteiger partial charge in [0.15, 0.2) is 22.8 Å². The zero-order valence-corrected chi connectivity index (χ0v) is 40.1. The first kappa shape index (κ1) is 46.6. The van der Waals surface area contributed by atoms with Crippen molar-refractivity contribution >= 4 is 29.4 Å². The van der Waals surface area contributed by atoms with Crippen LogP contribution in [0, 0.1) is 23.7 Å². The van der Waals surface area contributed by atoms with Gasteiger partial charge in [-0.15, -0.1) is 0 Å². The zero-order chi connectivity index (χ0) is 48.6. The lowest BCUT2D eigenvalue weighted by Gasteiger charge is -2.66. The lowest BCUT2D eigenvalue weighted by Crippen LogP contribution is -2.79. The van der Waals surface area contributed by atoms with Crippen LogP contribution in [0.2, 0.25) is 0 Å². The fourth-order valence-electron chi connectivity index (χ4n) is 12.9. The highest BCUT2D eigenvalue weighted by Gasteiger charge is 2.86. The van der Waals surface area contributed by atoms with Crippen LogP contribution in [0.4, 0.5) is 0 Å². The van der Waals surface area contributed by atoms with Gasteiger partial charge in [-0.3, -0.25) is 9.59 Å². The Morgan fingerprint density at radius 3 is 2.32 bits per heavy atom. The predicted octanol–water partition coefficient (Wildman–Crippen LogP) is 6.60. The van der Waals surface area contributed by atoms with Gasteiger partial charge in [0, 0.05) is 52.0 Å². The average Bonchev–Trinajstić information content (AvgIpc) is 3.66. The van der Waals surface area contributed by atoms with Crippen LogP contribution in [0.25, 0.3) is 11.8 Å². The van der Waals surface area contributed by atoms with Crippen molar-refractivity contribution in [1.29, 1.82) is 0 Å². The van der Waals surface area contributed by atoms with E-state index in [9.17, 15) is 30.0 Å². The van der Waals surface area contributed by atoms with Crippen LogP contribution in [0.15, 0.2) is 70.9 Å². The molecular formula is C54H62O14. The van der Waals surface area contributed by atoms with Crippen LogP contribution in [0.5, 0.6) is 17.2 Å². The van der Waals surface area contributed by atoms with E-state index in [4.69, 9.17) is 33.2 Å². The van der Waals surface area contributed by atoms with Crippen molar-refractivity contribution in [2.45, 2.75) is 147 Å². The quantitative estimate of drug-likeness (QED) is 0.107. The molecule has 8 unspecified atom stereocenters. The molecule has 4 N–H and O–H groups in total. The molecule has 13 atom stereocenters. The average molecular weight is 935 g/mol. The number of methoxy groups -OCH3 is 1. The van der Waals surface area contributed by atoms with Gasteiger partial charge in [0.2, 0.25) is 6.29 Å². The van der Waals surface area contributed by atoms with Gasteiger partial charge < -0.3 is 53.6 Å². The molecule has 4 aliphatic carbocycles. The molecule has 68 heavy (non-hydrogen) atoms.